The molecule has 1 saturated heterocycles. The van der Waals surface area contributed by atoms with Gasteiger partial charge in [-0.25, -0.2) is 0 Å². The third-order valence-electron chi connectivity index (χ3n) is 1.88. The Bertz CT molecular complexity index is 126. The van der Waals surface area contributed by atoms with E-state index in [1.165, 1.54) is 0 Å². The molecule has 0 bridgehead atoms. The van der Waals surface area contributed by atoms with E-state index in [0.717, 1.165) is 30.8 Å². The number of hydrogen-bond acceptors (Lipinski definition) is 2. The van der Waals surface area contributed by atoms with Gasteiger partial charge in [0.05, 0.1) is 0 Å². The van der Waals surface area contributed by atoms with Crippen LogP contribution in [-0.2, 0) is 15.6 Å². The van der Waals surface area contributed by atoms with Crippen LogP contribution in [0.1, 0.15) is 13.8 Å². The first kappa shape index (κ1) is 11.6. The Kier molecular flexibility index (Phi) is 5.57. The van der Waals surface area contributed by atoms with Gasteiger partial charge in [-0.2, -0.15) is 0 Å². The van der Waals surface area contributed by atoms with Crippen LogP contribution in [0.2, 0.25) is 0 Å². The molecule has 0 amide bonds. The molecule has 0 aromatic rings. The summed E-state index contributed by atoms with van der Waals surface area (Å²) in [7, 11) is 0. The standard InChI is InChI=1S/C7H14N2.ClH.Cu/c1-3-8-5-6-9(4-2)7-8;;/h3-6H2,1-2H3;1H;. The van der Waals surface area contributed by atoms with E-state index in [2.05, 4.69) is 23.6 Å². The van der Waals surface area contributed by atoms with Crippen LogP contribution in [0.25, 0.3) is 0 Å². The van der Waals surface area contributed by atoms with Crippen molar-refractivity contribution in [3.05, 3.63) is 0 Å². The van der Waals surface area contributed by atoms with Crippen molar-refractivity contribution in [3.8, 4) is 0 Å². The Balaban J connectivity index is 0.000001000. The van der Waals surface area contributed by atoms with Crippen molar-refractivity contribution in [1.29, 1.82) is 0 Å². The summed E-state index contributed by atoms with van der Waals surface area (Å²) in [5.74, 6) is 0. The maximum atomic E-state index is 5.36. The van der Waals surface area contributed by atoms with E-state index < -0.39 is 0 Å². The van der Waals surface area contributed by atoms with Crippen LogP contribution in [0.3, 0.4) is 0 Å². The van der Waals surface area contributed by atoms with Gasteiger partial charge >= 0.3 is 70.1 Å². The fourth-order valence-electron chi connectivity index (χ4n) is 1.16. The van der Waals surface area contributed by atoms with E-state index in [0.29, 0.717) is 0 Å². The monoisotopic (exact) mass is 225 g/mol. The zero-order valence-corrected chi connectivity index (χ0v) is 8.69. The van der Waals surface area contributed by atoms with Gasteiger partial charge in [0, 0.05) is 0 Å². The third kappa shape index (κ3) is 2.53. The maximum absolute atomic E-state index is 5.36. The largest absolute Gasteiger partial charge is 0.147 e. The molecule has 0 radical (unpaired) electrons. The quantitative estimate of drug-likeness (QED) is 0.639. The Labute approximate surface area is 82.7 Å². The van der Waals surface area contributed by atoms with Crippen molar-refractivity contribution in [3.63, 3.8) is 0 Å². The number of likely N-dealkylation sites (N-methyl/N-ethyl adjacent to an activating group) is 2. The molecule has 1 fully saturated rings. The van der Waals surface area contributed by atoms with Gasteiger partial charge in [0.2, 0.25) is 0 Å². The fraction of sp³-hybridized carbons (Fsp3) is 0.857. The average molecular weight is 226 g/mol. The van der Waals surface area contributed by atoms with E-state index in [9.17, 15) is 0 Å². The Morgan fingerprint density at radius 1 is 1.18 bits per heavy atom. The number of nitrogens with zero attached hydrogens (tertiary/aromatic N) is 2. The molecule has 1 heterocycles. The first-order chi connectivity index (χ1) is 4.79. The van der Waals surface area contributed by atoms with E-state index in [1.807, 2.05) is 0 Å². The molecular weight excluding hydrogens is 211 g/mol. The molecule has 1 aliphatic rings. The van der Waals surface area contributed by atoms with E-state index in [1.54, 1.807) is 0 Å². The summed E-state index contributed by atoms with van der Waals surface area (Å²) in [6.07, 6.45) is 0. The molecule has 0 saturated carbocycles. The molecule has 1 rings (SSSR count). The van der Waals surface area contributed by atoms with Gasteiger partial charge in [-0.05, 0) is 0 Å². The summed E-state index contributed by atoms with van der Waals surface area (Å²) in [5, 5.41) is 0. The van der Waals surface area contributed by atoms with Crippen LogP contribution in [0, 0.1) is 0 Å². The summed E-state index contributed by atoms with van der Waals surface area (Å²) in [6.45, 7) is 8.59. The van der Waals surface area contributed by atoms with Crippen molar-refractivity contribution in [2.45, 2.75) is 13.8 Å². The van der Waals surface area contributed by atoms with Gasteiger partial charge in [-0.3, -0.25) is 0 Å². The molecule has 0 spiro atoms. The second-order valence-corrected chi connectivity index (χ2v) is 2.82. The van der Waals surface area contributed by atoms with Gasteiger partial charge in [0.1, 0.15) is 0 Å². The van der Waals surface area contributed by atoms with Crippen LogP contribution in [-0.4, -0.2) is 40.6 Å². The SMILES string of the molecule is CCN1CCN(CC)[C]1=[Cu].Cl. The van der Waals surface area contributed by atoms with Gasteiger partial charge in [0.15, 0.2) is 0 Å². The molecule has 0 aromatic carbocycles. The predicted octanol–water partition coefficient (Wildman–Crippen LogP) is 0.700. The molecule has 1 aliphatic heterocycles. The van der Waals surface area contributed by atoms with Crippen molar-refractivity contribution in [2.75, 3.05) is 26.2 Å². The topological polar surface area (TPSA) is 6.48 Å². The molecule has 11 heavy (non-hydrogen) atoms. The van der Waals surface area contributed by atoms with Gasteiger partial charge in [-0.15, -0.1) is 12.4 Å². The molecule has 2 nitrogen and oxygen atoms in total. The summed E-state index contributed by atoms with van der Waals surface area (Å²) in [6, 6.07) is 0. The normalized spacial score (nSPS) is 20.5. The minimum atomic E-state index is 0. The van der Waals surface area contributed by atoms with E-state index in [4.69, 9.17) is 15.6 Å². The smallest absolute Gasteiger partial charge is 0.147 e. The number of rotatable bonds is 2. The second kappa shape index (κ2) is 5.28. The van der Waals surface area contributed by atoms with Crippen molar-refractivity contribution < 1.29 is 15.6 Å². The van der Waals surface area contributed by atoms with Crippen LogP contribution < -0.4 is 0 Å². The molecule has 0 N–H and O–H groups in total. The van der Waals surface area contributed by atoms with Crippen LogP contribution in [0.15, 0.2) is 0 Å². The summed E-state index contributed by atoms with van der Waals surface area (Å²) < 4.78 is 1.01. The number of halogens is 1. The summed E-state index contributed by atoms with van der Waals surface area (Å²) in [5.41, 5.74) is 0. The summed E-state index contributed by atoms with van der Waals surface area (Å²) in [4.78, 5) is 4.45. The Hall–Kier alpha value is 0.599. The van der Waals surface area contributed by atoms with Crippen LogP contribution in [0.5, 0.6) is 0 Å². The summed E-state index contributed by atoms with van der Waals surface area (Å²) >= 11 is 5.36. The fourth-order valence-corrected chi connectivity index (χ4v) is 1.67. The molecular formula is C7H15ClCuN2. The Morgan fingerprint density at radius 3 is 1.73 bits per heavy atom. The molecule has 0 aliphatic carbocycles. The zero-order valence-electron chi connectivity index (χ0n) is 6.93. The maximum Gasteiger partial charge on any atom is -0.147 e. The van der Waals surface area contributed by atoms with Crippen molar-refractivity contribution in [2.24, 2.45) is 0 Å². The molecule has 0 aromatic heterocycles. The third-order valence-corrected chi connectivity index (χ3v) is 2.47. The minimum absolute atomic E-state index is 0. The molecule has 71 valence electrons. The van der Waals surface area contributed by atoms with E-state index >= 15 is 0 Å². The van der Waals surface area contributed by atoms with Crippen molar-refractivity contribution >= 4 is 17.1 Å². The number of hydrogen-bond donors (Lipinski definition) is 0. The van der Waals surface area contributed by atoms with Gasteiger partial charge in [0.25, 0.3) is 0 Å². The second-order valence-electron chi connectivity index (χ2n) is 2.39. The average Bonchev–Trinajstić information content (AvgIpc) is 2.30. The molecule has 0 atom stereocenters. The molecule has 0 unspecified atom stereocenters. The van der Waals surface area contributed by atoms with Crippen LogP contribution in [0.4, 0.5) is 0 Å². The first-order valence-electron chi connectivity index (χ1n) is 3.78. The first-order valence-corrected chi connectivity index (χ1v) is 4.25. The predicted molar refractivity (Wildman–Crippen MR) is 46.7 cm³/mol. The zero-order chi connectivity index (χ0) is 7.56. The van der Waals surface area contributed by atoms with Gasteiger partial charge in [-0.1, -0.05) is 0 Å². The van der Waals surface area contributed by atoms with Crippen LogP contribution >= 0.6 is 12.4 Å². The minimum Gasteiger partial charge on any atom is -0.147 e. The molecule has 4 heteroatoms. The van der Waals surface area contributed by atoms with Crippen molar-refractivity contribution in [1.82, 2.24) is 9.80 Å². The Morgan fingerprint density at radius 2 is 1.55 bits per heavy atom. The van der Waals surface area contributed by atoms with Gasteiger partial charge < -0.3 is 0 Å². The van der Waals surface area contributed by atoms with E-state index in [-0.39, 0.29) is 12.4 Å².